The number of sulfone groups is 1. The molecule has 0 saturated carbocycles. The maximum Gasteiger partial charge on any atom is 0.175 e. The van der Waals surface area contributed by atoms with E-state index in [1.807, 2.05) is 6.07 Å². The molecule has 0 saturated heterocycles. The number of aryl methyl sites for hydroxylation is 1. The Morgan fingerprint density at radius 2 is 1.76 bits per heavy atom. The van der Waals surface area contributed by atoms with Gasteiger partial charge in [0.25, 0.3) is 0 Å². The third-order valence-corrected chi connectivity index (χ3v) is 4.97. The van der Waals surface area contributed by atoms with Gasteiger partial charge in [-0.25, -0.2) is 8.42 Å². The molecule has 3 nitrogen and oxygen atoms in total. The van der Waals surface area contributed by atoms with Crippen molar-refractivity contribution in [3.05, 3.63) is 59.7 Å². The van der Waals surface area contributed by atoms with E-state index >= 15 is 0 Å². The third kappa shape index (κ3) is 3.10. The first-order valence-corrected chi connectivity index (χ1v) is 8.98. The molecule has 0 amide bonds. The van der Waals surface area contributed by atoms with Crippen molar-refractivity contribution in [2.45, 2.75) is 30.3 Å². The lowest BCUT2D eigenvalue weighted by Crippen LogP contribution is -2.15. The number of ether oxygens (including phenoxy) is 1. The van der Waals surface area contributed by atoms with E-state index in [0.29, 0.717) is 10.6 Å². The van der Waals surface area contributed by atoms with Gasteiger partial charge in [0.2, 0.25) is 0 Å². The lowest BCUT2D eigenvalue weighted by Gasteiger charge is -2.26. The fourth-order valence-corrected chi connectivity index (χ4v) is 3.39. The van der Waals surface area contributed by atoms with Crippen LogP contribution < -0.4 is 4.74 Å². The molecule has 0 fully saturated rings. The minimum absolute atomic E-state index is 0.0547. The highest BCUT2D eigenvalue weighted by atomic mass is 32.2. The Morgan fingerprint density at radius 3 is 2.48 bits per heavy atom. The Bertz CT molecular complexity index is 733. The smallest absolute Gasteiger partial charge is 0.175 e. The van der Waals surface area contributed by atoms with Crippen LogP contribution in [0.2, 0.25) is 0 Å². The topological polar surface area (TPSA) is 43.4 Å². The molecule has 4 heteroatoms. The molecule has 3 rings (SSSR count). The second-order valence-electron chi connectivity index (χ2n) is 5.44. The predicted octanol–water partition coefficient (Wildman–Crippen LogP) is 3.55. The minimum Gasteiger partial charge on any atom is -0.486 e. The summed E-state index contributed by atoms with van der Waals surface area (Å²) < 4.78 is 29.0. The second kappa shape index (κ2) is 5.53. The van der Waals surface area contributed by atoms with Gasteiger partial charge in [-0.15, -0.1) is 0 Å². The van der Waals surface area contributed by atoms with Crippen molar-refractivity contribution < 1.29 is 13.2 Å². The largest absolute Gasteiger partial charge is 0.486 e. The fourth-order valence-electron chi connectivity index (χ4n) is 2.76. The summed E-state index contributed by atoms with van der Waals surface area (Å²) in [6.07, 6.45) is 4.47. The third-order valence-electron chi connectivity index (χ3n) is 3.84. The van der Waals surface area contributed by atoms with Gasteiger partial charge in [-0.3, -0.25) is 0 Å². The van der Waals surface area contributed by atoms with Crippen LogP contribution in [0.4, 0.5) is 0 Å². The molecular weight excluding hydrogens is 284 g/mol. The Hall–Kier alpha value is -1.81. The normalized spacial score (nSPS) is 18.0. The molecule has 1 unspecified atom stereocenters. The van der Waals surface area contributed by atoms with Crippen LogP contribution in [-0.4, -0.2) is 14.7 Å². The standard InChI is InChI=1S/C17H18O3S/c1-21(18,19)15-11-9-14(10-12-15)20-17-8-4-6-13-5-2-3-7-16(13)17/h2-3,5,7,9-12,17H,4,6,8H2,1H3. The van der Waals surface area contributed by atoms with Gasteiger partial charge >= 0.3 is 0 Å². The van der Waals surface area contributed by atoms with Crippen molar-refractivity contribution in [2.75, 3.05) is 6.26 Å². The number of hydrogen-bond donors (Lipinski definition) is 0. The van der Waals surface area contributed by atoms with Gasteiger partial charge in [-0.1, -0.05) is 24.3 Å². The SMILES string of the molecule is CS(=O)(=O)c1ccc(OC2CCCc3ccccc32)cc1. The first-order valence-electron chi connectivity index (χ1n) is 7.08. The van der Waals surface area contributed by atoms with Crippen LogP contribution in [0.1, 0.15) is 30.1 Å². The average Bonchev–Trinajstić information content (AvgIpc) is 2.47. The van der Waals surface area contributed by atoms with E-state index in [0.717, 1.165) is 19.3 Å². The second-order valence-corrected chi connectivity index (χ2v) is 7.46. The predicted molar refractivity (Wildman–Crippen MR) is 82.3 cm³/mol. The van der Waals surface area contributed by atoms with Crippen LogP contribution in [0.3, 0.4) is 0 Å². The maximum atomic E-state index is 11.5. The van der Waals surface area contributed by atoms with Gasteiger partial charge in [0.15, 0.2) is 9.84 Å². The zero-order chi connectivity index (χ0) is 14.9. The number of hydrogen-bond acceptors (Lipinski definition) is 3. The lowest BCUT2D eigenvalue weighted by atomic mass is 9.89. The van der Waals surface area contributed by atoms with E-state index < -0.39 is 9.84 Å². The van der Waals surface area contributed by atoms with Crippen LogP contribution >= 0.6 is 0 Å². The molecule has 21 heavy (non-hydrogen) atoms. The summed E-state index contributed by atoms with van der Waals surface area (Å²) in [4.78, 5) is 0.318. The number of rotatable bonds is 3. The van der Waals surface area contributed by atoms with E-state index in [1.165, 1.54) is 17.4 Å². The summed E-state index contributed by atoms with van der Waals surface area (Å²) in [6, 6.07) is 15.0. The Labute approximate surface area is 125 Å². The van der Waals surface area contributed by atoms with Crippen LogP contribution in [-0.2, 0) is 16.3 Å². The first kappa shape index (κ1) is 14.1. The molecule has 0 radical (unpaired) electrons. The summed E-state index contributed by atoms with van der Waals surface area (Å²) in [7, 11) is -3.16. The lowest BCUT2D eigenvalue weighted by molar-refractivity contribution is 0.183. The molecule has 1 aliphatic rings. The molecule has 0 heterocycles. The highest BCUT2D eigenvalue weighted by molar-refractivity contribution is 7.90. The summed E-state index contributed by atoms with van der Waals surface area (Å²) in [5.74, 6) is 0.712. The van der Waals surface area contributed by atoms with Crippen LogP contribution in [0.5, 0.6) is 5.75 Å². The summed E-state index contributed by atoms with van der Waals surface area (Å²) in [5.41, 5.74) is 2.59. The van der Waals surface area contributed by atoms with E-state index in [2.05, 4.69) is 18.2 Å². The van der Waals surface area contributed by atoms with Gasteiger partial charge in [0, 0.05) is 6.26 Å². The van der Waals surface area contributed by atoms with Crippen LogP contribution in [0.15, 0.2) is 53.4 Å². The molecule has 1 aliphatic carbocycles. The Morgan fingerprint density at radius 1 is 1.05 bits per heavy atom. The Balaban J connectivity index is 1.82. The minimum atomic E-state index is -3.16. The molecule has 0 spiro atoms. The van der Waals surface area contributed by atoms with E-state index in [4.69, 9.17) is 4.74 Å². The maximum absolute atomic E-state index is 11.5. The molecule has 2 aromatic carbocycles. The summed E-state index contributed by atoms with van der Waals surface area (Å²) in [5, 5.41) is 0. The van der Waals surface area contributed by atoms with Gasteiger partial charge < -0.3 is 4.74 Å². The van der Waals surface area contributed by atoms with E-state index in [9.17, 15) is 8.42 Å². The molecule has 0 bridgehead atoms. The van der Waals surface area contributed by atoms with E-state index in [1.54, 1.807) is 24.3 Å². The van der Waals surface area contributed by atoms with Crippen molar-refractivity contribution in [3.8, 4) is 5.75 Å². The molecule has 110 valence electrons. The van der Waals surface area contributed by atoms with Crippen molar-refractivity contribution in [1.29, 1.82) is 0 Å². The van der Waals surface area contributed by atoms with Gasteiger partial charge in [0.05, 0.1) is 4.90 Å². The van der Waals surface area contributed by atoms with Crippen LogP contribution in [0, 0.1) is 0 Å². The molecule has 0 aliphatic heterocycles. The van der Waals surface area contributed by atoms with Gasteiger partial charge in [0.1, 0.15) is 11.9 Å². The number of fused-ring (bicyclic) bond motifs is 1. The van der Waals surface area contributed by atoms with Crippen molar-refractivity contribution in [1.82, 2.24) is 0 Å². The quantitative estimate of drug-likeness (QED) is 0.871. The molecular formula is C17H18O3S. The zero-order valence-electron chi connectivity index (χ0n) is 12.0. The van der Waals surface area contributed by atoms with Crippen molar-refractivity contribution in [2.24, 2.45) is 0 Å². The first-order chi connectivity index (χ1) is 10.0. The van der Waals surface area contributed by atoms with Crippen LogP contribution in [0.25, 0.3) is 0 Å². The summed E-state index contributed by atoms with van der Waals surface area (Å²) >= 11 is 0. The highest BCUT2D eigenvalue weighted by Crippen LogP contribution is 2.33. The molecule has 1 atom stereocenters. The van der Waals surface area contributed by atoms with Crippen molar-refractivity contribution >= 4 is 9.84 Å². The fraction of sp³-hybridized carbons (Fsp3) is 0.294. The van der Waals surface area contributed by atoms with Crippen molar-refractivity contribution in [3.63, 3.8) is 0 Å². The molecule has 0 N–H and O–H groups in total. The Kier molecular flexibility index (Phi) is 3.72. The van der Waals surface area contributed by atoms with E-state index in [-0.39, 0.29) is 6.10 Å². The monoisotopic (exact) mass is 302 g/mol. The zero-order valence-corrected chi connectivity index (χ0v) is 12.8. The highest BCUT2D eigenvalue weighted by Gasteiger charge is 2.21. The summed E-state index contributed by atoms with van der Waals surface area (Å²) in [6.45, 7) is 0. The number of benzene rings is 2. The molecule has 2 aromatic rings. The van der Waals surface area contributed by atoms with Gasteiger partial charge in [-0.05, 0) is 54.7 Å². The van der Waals surface area contributed by atoms with Gasteiger partial charge in [-0.2, -0.15) is 0 Å². The molecule has 0 aromatic heterocycles. The average molecular weight is 302 g/mol.